The minimum absolute atomic E-state index is 0.0465. The molecular weight excluding hydrogens is 324 g/mol. The van der Waals surface area contributed by atoms with Gasteiger partial charge in [0.2, 0.25) is 5.91 Å². The predicted molar refractivity (Wildman–Crippen MR) is 96.5 cm³/mol. The van der Waals surface area contributed by atoms with Crippen LogP contribution in [0.3, 0.4) is 0 Å². The van der Waals surface area contributed by atoms with Crippen molar-refractivity contribution in [2.75, 3.05) is 23.3 Å². The van der Waals surface area contributed by atoms with E-state index in [9.17, 15) is 4.79 Å². The van der Waals surface area contributed by atoms with Crippen LogP contribution in [-0.4, -0.2) is 29.2 Å². The number of halogens is 1. The first-order chi connectivity index (χ1) is 11.5. The molecule has 24 heavy (non-hydrogen) atoms. The van der Waals surface area contributed by atoms with Crippen molar-refractivity contribution < 1.29 is 4.79 Å². The van der Waals surface area contributed by atoms with Crippen molar-refractivity contribution in [1.82, 2.24) is 10.2 Å². The third-order valence-corrected chi connectivity index (χ3v) is 4.58. The number of aromatic nitrogens is 2. The van der Waals surface area contributed by atoms with Crippen molar-refractivity contribution in [3.63, 3.8) is 0 Å². The molecule has 1 amide bonds. The average molecular weight is 345 g/mol. The Bertz CT molecular complexity index is 732. The van der Waals surface area contributed by atoms with E-state index < -0.39 is 0 Å². The summed E-state index contributed by atoms with van der Waals surface area (Å²) in [7, 11) is 0. The highest BCUT2D eigenvalue weighted by Gasteiger charge is 2.27. The normalized spacial score (nSPS) is 17.6. The summed E-state index contributed by atoms with van der Waals surface area (Å²) in [6.07, 6.45) is 1.85. The number of rotatable bonds is 3. The Labute approximate surface area is 147 Å². The Balaban J connectivity index is 1.67. The van der Waals surface area contributed by atoms with Crippen LogP contribution < -0.4 is 10.2 Å². The van der Waals surface area contributed by atoms with Gasteiger partial charge in [0.15, 0.2) is 5.82 Å². The molecule has 1 saturated heterocycles. The second-order valence-electron chi connectivity index (χ2n) is 6.27. The van der Waals surface area contributed by atoms with Crippen molar-refractivity contribution in [3.8, 4) is 0 Å². The van der Waals surface area contributed by atoms with Crippen LogP contribution in [0.25, 0.3) is 0 Å². The van der Waals surface area contributed by atoms with Crippen LogP contribution in [0.5, 0.6) is 0 Å². The maximum Gasteiger partial charge on any atom is 0.229 e. The van der Waals surface area contributed by atoms with Crippen molar-refractivity contribution in [2.24, 2.45) is 5.92 Å². The number of aryl methyl sites for hydroxylation is 2. The van der Waals surface area contributed by atoms with Crippen LogP contribution in [0, 0.1) is 19.8 Å². The summed E-state index contributed by atoms with van der Waals surface area (Å²) < 4.78 is 0. The molecule has 1 aromatic carbocycles. The Morgan fingerprint density at radius 2 is 2.08 bits per heavy atom. The van der Waals surface area contributed by atoms with E-state index in [1.807, 2.05) is 38.1 Å². The lowest BCUT2D eigenvalue weighted by Crippen LogP contribution is -2.41. The number of benzene rings is 1. The molecule has 0 aliphatic carbocycles. The van der Waals surface area contributed by atoms with E-state index in [1.165, 1.54) is 0 Å². The fourth-order valence-electron chi connectivity index (χ4n) is 2.96. The van der Waals surface area contributed by atoms with Crippen molar-refractivity contribution in [2.45, 2.75) is 26.7 Å². The van der Waals surface area contributed by atoms with Gasteiger partial charge in [0.1, 0.15) is 0 Å². The van der Waals surface area contributed by atoms with Crippen LogP contribution in [0.2, 0.25) is 5.02 Å². The quantitative estimate of drug-likeness (QED) is 0.924. The molecule has 2 heterocycles. The molecule has 0 spiro atoms. The van der Waals surface area contributed by atoms with Crippen LogP contribution in [0.15, 0.2) is 30.3 Å². The third-order valence-electron chi connectivity index (χ3n) is 4.35. The van der Waals surface area contributed by atoms with Gasteiger partial charge >= 0.3 is 0 Å². The number of anilines is 2. The molecule has 0 saturated carbocycles. The van der Waals surface area contributed by atoms with Gasteiger partial charge in [-0.3, -0.25) is 4.79 Å². The molecule has 5 nitrogen and oxygen atoms in total. The summed E-state index contributed by atoms with van der Waals surface area (Å²) in [5.41, 5.74) is 2.67. The molecule has 126 valence electrons. The molecule has 1 atom stereocenters. The highest BCUT2D eigenvalue weighted by Crippen LogP contribution is 2.24. The molecule has 1 unspecified atom stereocenters. The van der Waals surface area contributed by atoms with E-state index in [4.69, 9.17) is 11.6 Å². The third kappa shape index (κ3) is 3.85. The fourth-order valence-corrected chi connectivity index (χ4v) is 3.19. The molecule has 3 rings (SSSR count). The Hall–Kier alpha value is -2.14. The monoisotopic (exact) mass is 344 g/mol. The Morgan fingerprint density at radius 1 is 1.25 bits per heavy atom. The summed E-state index contributed by atoms with van der Waals surface area (Å²) in [6.45, 7) is 5.42. The molecule has 0 radical (unpaired) electrons. The second-order valence-corrected chi connectivity index (χ2v) is 6.70. The number of carbonyl (C=O) groups excluding carboxylic acids is 1. The number of carbonyl (C=O) groups is 1. The van der Waals surface area contributed by atoms with E-state index in [1.54, 1.807) is 6.07 Å². The minimum Gasteiger partial charge on any atom is -0.354 e. The molecule has 2 aromatic rings. The van der Waals surface area contributed by atoms with Gasteiger partial charge in [-0.15, -0.1) is 5.10 Å². The molecule has 1 N–H and O–H groups in total. The number of hydrogen-bond donors (Lipinski definition) is 1. The number of hydrogen-bond acceptors (Lipinski definition) is 4. The summed E-state index contributed by atoms with van der Waals surface area (Å²) in [5, 5.41) is 12.0. The van der Waals surface area contributed by atoms with E-state index in [0.29, 0.717) is 11.6 Å². The Kier molecular flexibility index (Phi) is 5.00. The van der Waals surface area contributed by atoms with Gasteiger partial charge in [0.25, 0.3) is 0 Å². The maximum atomic E-state index is 12.6. The first-order valence-electron chi connectivity index (χ1n) is 8.15. The lowest BCUT2D eigenvalue weighted by Gasteiger charge is -2.32. The van der Waals surface area contributed by atoms with Gasteiger partial charge in [-0.1, -0.05) is 11.6 Å². The molecule has 1 fully saturated rings. The minimum atomic E-state index is -0.0584. The van der Waals surface area contributed by atoms with Crippen LogP contribution >= 0.6 is 11.6 Å². The molecule has 1 aliphatic heterocycles. The molecule has 0 bridgehead atoms. The standard InChI is InChI=1S/C18H21ClN4O/c1-12-10-15(19)6-7-16(12)20-18(24)14-4-3-9-23(11-14)17-8-5-13(2)21-22-17/h5-8,10,14H,3-4,9,11H2,1-2H3,(H,20,24). The lowest BCUT2D eigenvalue weighted by molar-refractivity contribution is -0.120. The number of nitrogens with zero attached hydrogens (tertiary/aromatic N) is 3. The predicted octanol–water partition coefficient (Wildman–Crippen LogP) is 3.60. The van der Waals surface area contributed by atoms with Crippen molar-refractivity contribution in [1.29, 1.82) is 0 Å². The topological polar surface area (TPSA) is 58.1 Å². The van der Waals surface area contributed by atoms with Gasteiger partial charge in [0, 0.05) is 23.8 Å². The summed E-state index contributed by atoms with van der Waals surface area (Å²) >= 11 is 5.97. The highest BCUT2D eigenvalue weighted by molar-refractivity contribution is 6.30. The van der Waals surface area contributed by atoms with Gasteiger partial charge in [-0.05, 0) is 62.6 Å². The summed E-state index contributed by atoms with van der Waals surface area (Å²) in [5.74, 6) is 0.822. The zero-order valence-electron chi connectivity index (χ0n) is 13.9. The zero-order chi connectivity index (χ0) is 17.1. The molecule has 1 aromatic heterocycles. The summed E-state index contributed by atoms with van der Waals surface area (Å²) in [6, 6.07) is 9.40. The zero-order valence-corrected chi connectivity index (χ0v) is 14.7. The first-order valence-corrected chi connectivity index (χ1v) is 8.53. The smallest absolute Gasteiger partial charge is 0.229 e. The SMILES string of the molecule is Cc1ccc(N2CCCC(C(=O)Nc3ccc(Cl)cc3C)C2)nn1. The lowest BCUT2D eigenvalue weighted by atomic mass is 9.97. The van der Waals surface area contributed by atoms with Crippen LogP contribution in [0.1, 0.15) is 24.1 Å². The van der Waals surface area contributed by atoms with Gasteiger partial charge in [0.05, 0.1) is 11.6 Å². The fraction of sp³-hybridized carbons (Fsp3) is 0.389. The van der Waals surface area contributed by atoms with Crippen molar-refractivity contribution in [3.05, 3.63) is 46.6 Å². The van der Waals surface area contributed by atoms with Crippen LogP contribution in [-0.2, 0) is 4.79 Å². The van der Waals surface area contributed by atoms with E-state index in [2.05, 4.69) is 20.4 Å². The van der Waals surface area contributed by atoms with E-state index >= 15 is 0 Å². The van der Waals surface area contributed by atoms with Gasteiger partial charge < -0.3 is 10.2 Å². The highest BCUT2D eigenvalue weighted by atomic mass is 35.5. The molecule has 6 heteroatoms. The maximum absolute atomic E-state index is 12.6. The average Bonchev–Trinajstić information content (AvgIpc) is 2.58. The van der Waals surface area contributed by atoms with Gasteiger partial charge in [-0.2, -0.15) is 5.10 Å². The van der Waals surface area contributed by atoms with Crippen LogP contribution in [0.4, 0.5) is 11.5 Å². The first kappa shape index (κ1) is 16.7. The number of piperidine rings is 1. The Morgan fingerprint density at radius 3 is 2.79 bits per heavy atom. The number of nitrogens with one attached hydrogen (secondary N) is 1. The molecule has 1 aliphatic rings. The van der Waals surface area contributed by atoms with E-state index in [-0.39, 0.29) is 11.8 Å². The number of amides is 1. The second kappa shape index (κ2) is 7.18. The van der Waals surface area contributed by atoms with Gasteiger partial charge in [-0.25, -0.2) is 0 Å². The van der Waals surface area contributed by atoms with Crippen molar-refractivity contribution >= 4 is 29.0 Å². The molecular formula is C18H21ClN4O. The summed E-state index contributed by atoms with van der Waals surface area (Å²) in [4.78, 5) is 14.8. The largest absolute Gasteiger partial charge is 0.354 e. The van der Waals surface area contributed by atoms with E-state index in [0.717, 1.165) is 42.1 Å².